The molecule has 1 aromatic heterocycles. The van der Waals surface area contributed by atoms with Crippen LogP contribution in [0.25, 0.3) is 0 Å². The number of anilines is 2. The quantitative estimate of drug-likeness (QED) is 0.805. The number of hydrogen-bond donors (Lipinski definition) is 1. The van der Waals surface area contributed by atoms with E-state index in [1.54, 1.807) is 0 Å². The predicted molar refractivity (Wildman–Crippen MR) is 83.2 cm³/mol. The summed E-state index contributed by atoms with van der Waals surface area (Å²) >= 11 is 9.63. The second-order valence-electron chi connectivity index (χ2n) is 4.38. The third-order valence-electron chi connectivity index (χ3n) is 2.70. The summed E-state index contributed by atoms with van der Waals surface area (Å²) < 4.78 is 1.03. The van der Waals surface area contributed by atoms with Crippen molar-refractivity contribution in [2.24, 2.45) is 0 Å². The van der Waals surface area contributed by atoms with Gasteiger partial charge < -0.3 is 5.32 Å². The minimum Gasteiger partial charge on any atom is -0.340 e. The Balaban J connectivity index is 2.34. The van der Waals surface area contributed by atoms with Crippen LogP contribution in [-0.2, 0) is 6.42 Å². The topological polar surface area (TPSA) is 37.8 Å². The van der Waals surface area contributed by atoms with E-state index in [9.17, 15) is 0 Å². The van der Waals surface area contributed by atoms with Gasteiger partial charge in [-0.25, -0.2) is 9.97 Å². The van der Waals surface area contributed by atoms with E-state index < -0.39 is 0 Å². The summed E-state index contributed by atoms with van der Waals surface area (Å²) in [6.07, 6.45) is 3.34. The largest absolute Gasteiger partial charge is 0.340 e. The zero-order chi connectivity index (χ0) is 13.8. The lowest BCUT2D eigenvalue weighted by molar-refractivity contribution is 0.904. The fraction of sp³-hybridized carbons (Fsp3) is 0.286. The van der Waals surface area contributed by atoms with E-state index >= 15 is 0 Å². The van der Waals surface area contributed by atoms with Crippen LogP contribution < -0.4 is 5.32 Å². The molecule has 0 radical (unpaired) electrons. The average Bonchev–Trinajstić information content (AvgIpc) is 2.32. The number of hydrogen-bond acceptors (Lipinski definition) is 3. The smallest absolute Gasteiger partial charge is 0.138 e. The summed E-state index contributed by atoms with van der Waals surface area (Å²) in [5, 5.41) is 3.83. The molecule has 0 bridgehead atoms. The monoisotopic (exact) mass is 339 g/mol. The Kier molecular flexibility index (Phi) is 4.77. The second kappa shape index (κ2) is 6.35. The maximum atomic E-state index is 6.14. The molecule has 1 heterocycles. The highest BCUT2D eigenvalue weighted by atomic mass is 79.9. The van der Waals surface area contributed by atoms with E-state index in [-0.39, 0.29) is 0 Å². The number of aromatic nitrogens is 2. The molecule has 2 rings (SSSR count). The van der Waals surface area contributed by atoms with Crippen LogP contribution in [0.1, 0.15) is 24.5 Å². The number of benzene rings is 1. The third kappa shape index (κ3) is 3.67. The summed E-state index contributed by atoms with van der Waals surface area (Å²) in [6.45, 7) is 4.16. The van der Waals surface area contributed by atoms with Gasteiger partial charge in [-0.05, 0) is 37.1 Å². The summed E-state index contributed by atoms with van der Waals surface area (Å²) in [5.41, 5.74) is 3.12. The summed E-state index contributed by atoms with van der Waals surface area (Å²) in [6, 6.07) is 6.14. The standard InChI is InChI=1S/C14H15BrClN3/c1-3-4-12-13(16)17-8-18-14(12)19-11-6-9(2)5-10(15)7-11/h5-8H,3-4H2,1-2H3,(H,17,18,19). The Morgan fingerprint density at radius 3 is 2.74 bits per heavy atom. The molecule has 0 fully saturated rings. The van der Waals surface area contributed by atoms with Crippen molar-refractivity contribution in [1.82, 2.24) is 9.97 Å². The van der Waals surface area contributed by atoms with Gasteiger partial charge in [-0.2, -0.15) is 0 Å². The van der Waals surface area contributed by atoms with Crippen molar-refractivity contribution >= 4 is 39.0 Å². The van der Waals surface area contributed by atoms with Gasteiger partial charge in [-0.3, -0.25) is 0 Å². The predicted octanol–water partition coefficient (Wildman–Crippen LogP) is 4.90. The maximum Gasteiger partial charge on any atom is 0.138 e. The molecule has 0 unspecified atom stereocenters. The van der Waals surface area contributed by atoms with Crippen LogP contribution in [-0.4, -0.2) is 9.97 Å². The molecule has 1 aromatic carbocycles. The third-order valence-corrected chi connectivity index (χ3v) is 3.48. The van der Waals surface area contributed by atoms with E-state index in [4.69, 9.17) is 11.6 Å². The fourth-order valence-electron chi connectivity index (χ4n) is 1.92. The summed E-state index contributed by atoms with van der Waals surface area (Å²) in [5.74, 6) is 0.777. The molecule has 1 N–H and O–H groups in total. The van der Waals surface area contributed by atoms with Crippen molar-refractivity contribution < 1.29 is 0 Å². The molecule has 0 amide bonds. The molecule has 100 valence electrons. The highest BCUT2D eigenvalue weighted by Gasteiger charge is 2.09. The molecule has 0 spiro atoms. The summed E-state index contributed by atoms with van der Waals surface area (Å²) in [4.78, 5) is 8.33. The molecule has 19 heavy (non-hydrogen) atoms. The van der Waals surface area contributed by atoms with Gasteiger partial charge in [0.2, 0.25) is 0 Å². The Hall–Kier alpha value is -1.13. The fourth-order valence-corrected chi connectivity index (χ4v) is 2.75. The number of aryl methyl sites for hydroxylation is 1. The lowest BCUT2D eigenvalue weighted by atomic mass is 10.1. The van der Waals surface area contributed by atoms with Crippen LogP contribution >= 0.6 is 27.5 Å². The van der Waals surface area contributed by atoms with Crippen molar-refractivity contribution in [3.05, 3.63) is 45.3 Å². The maximum absolute atomic E-state index is 6.14. The van der Waals surface area contributed by atoms with E-state index in [1.807, 2.05) is 6.07 Å². The van der Waals surface area contributed by atoms with Gasteiger partial charge in [0, 0.05) is 15.7 Å². The first-order chi connectivity index (χ1) is 9.10. The van der Waals surface area contributed by atoms with Crippen molar-refractivity contribution in [1.29, 1.82) is 0 Å². The first kappa shape index (κ1) is 14.3. The Labute approximate surface area is 126 Å². The van der Waals surface area contributed by atoms with Crippen molar-refractivity contribution in [3.8, 4) is 0 Å². The van der Waals surface area contributed by atoms with E-state index in [0.717, 1.165) is 34.4 Å². The molecule has 0 aliphatic heterocycles. The molecule has 0 saturated heterocycles. The lowest BCUT2D eigenvalue weighted by Gasteiger charge is -2.12. The van der Waals surface area contributed by atoms with E-state index in [1.165, 1.54) is 11.9 Å². The Bertz CT molecular complexity index is 567. The molecule has 2 aromatic rings. The van der Waals surface area contributed by atoms with Gasteiger partial charge in [0.05, 0.1) is 0 Å². The molecular weight excluding hydrogens is 326 g/mol. The van der Waals surface area contributed by atoms with E-state index in [0.29, 0.717) is 5.15 Å². The van der Waals surface area contributed by atoms with Crippen molar-refractivity contribution in [2.45, 2.75) is 26.7 Å². The van der Waals surface area contributed by atoms with Gasteiger partial charge in [-0.1, -0.05) is 40.9 Å². The number of nitrogens with one attached hydrogen (secondary N) is 1. The molecule has 0 aliphatic rings. The lowest BCUT2D eigenvalue weighted by Crippen LogP contribution is -2.01. The number of halogens is 2. The first-order valence-electron chi connectivity index (χ1n) is 6.13. The van der Waals surface area contributed by atoms with E-state index in [2.05, 4.69) is 57.2 Å². The van der Waals surface area contributed by atoms with Crippen LogP contribution in [0, 0.1) is 6.92 Å². The first-order valence-corrected chi connectivity index (χ1v) is 7.31. The average molecular weight is 341 g/mol. The van der Waals surface area contributed by atoms with Gasteiger partial charge >= 0.3 is 0 Å². The minimum absolute atomic E-state index is 0.520. The normalized spacial score (nSPS) is 10.5. The molecule has 3 nitrogen and oxygen atoms in total. The Morgan fingerprint density at radius 1 is 1.26 bits per heavy atom. The number of nitrogens with zero attached hydrogens (tertiary/aromatic N) is 2. The van der Waals surface area contributed by atoms with Crippen LogP contribution in [0.2, 0.25) is 5.15 Å². The van der Waals surface area contributed by atoms with Crippen LogP contribution in [0.5, 0.6) is 0 Å². The molecule has 0 atom stereocenters. The zero-order valence-electron chi connectivity index (χ0n) is 10.9. The SMILES string of the molecule is CCCc1c(Cl)ncnc1Nc1cc(C)cc(Br)c1. The van der Waals surface area contributed by atoms with Gasteiger partial charge in [-0.15, -0.1) is 0 Å². The molecular formula is C14H15BrClN3. The van der Waals surface area contributed by atoms with Crippen molar-refractivity contribution in [3.63, 3.8) is 0 Å². The summed E-state index contributed by atoms with van der Waals surface area (Å²) in [7, 11) is 0. The van der Waals surface area contributed by atoms with Gasteiger partial charge in [0.25, 0.3) is 0 Å². The zero-order valence-corrected chi connectivity index (χ0v) is 13.2. The molecule has 0 saturated carbocycles. The highest BCUT2D eigenvalue weighted by Crippen LogP contribution is 2.26. The second-order valence-corrected chi connectivity index (χ2v) is 5.66. The van der Waals surface area contributed by atoms with Crippen LogP contribution in [0.15, 0.2) is 29.0 Å². The van der Waals surface area contributed by atoms with Gasteiger partial charge in [0.15, 0.2) is 0 Å². The Morgan fingerprint density at radius 2 is 2.05 bits per heavy atom. The van der Waals surface area contributed by atoms with Crippen LogP contribution in [0.4, 0.5) is 11.5 Å². The molecule has 5 heteroatoms. The van der Waals surface area contributed by atoms with Crippen LogP contribution in [0.3, 0.4) is 0 Å². The minimum atomic E-state index is 0.520. The highest BCUT2D eigenvalue weighted by molar-refractivity contribution is 9.10. The molecule has 0 aliphatic carbocycles. The van der Waals surface area contributed by atoms with Crippen molar-refractivity contribution in [2.75, 3.05) is 5.32 Å². The number of rotatable bonds is 4. The van der Waals surface area contributed by atoms with Gasteiger partial charge in [0.1, 0.15) is 17.3 Å².